The molecule has 0 amide bonds. The van der Waals surface area contributed by atoms with Crippen molar-refractivity contribution in [1.29, 1.82) is 0 Å². The van der Waals surface area contributed by atoms with Gasteiger partial charge in [-0.25, -0.2) is 0 Å². The molecule has 0 saturated carbocycles. The molecule has 0 aliphatic rings. The van der Waals surface area contributed by atoms with Gasteiger partial charge in [0.25, 0.3) is 0 Å². The molecule has 0 saturated heterocycles. The van der Waals surface area contributed by atoms with Crippen LogP contribution in [0.2, 0.25) is 0 Å². The van der Waals surface area contributed by atoms with Crippen molar-refractivity contribution in [2.24, 2.45) is 11.8 Å². The molecule has 0 radical (unpaired) electrons. The summed E-state index contributed by atoms with van der Waals surface area (Å²) in [4.78, 5) is 24.8. The van der Waals surface area contributed by atoms with Crippen LogP contribution < -0.4 is 5.32 Å². The van der Waals surface area contributed by atoms with E-state index in [4.69, 9.17) is 9.47 Å². The Labute approximate surface area is 173 Å². The van der Waals surface area contributed by atoms with Crippen LogP contribution >= 0.6 is 0 Å². The third kappa shape index (κ3) is 8.08. The van der Waals surface area contributed by atoms with Gasteiger partial charge in [0.1, 0.15) is 0 Å². The topological polar surface area (TPSA) is 64.6 Å². The molecular weight excluding hydrogens is 366 g/mol. The van der Waals surface area contributed by atoms with Crippen LogP contribution in [0.15, 0.2) is 60.7 Å². The van der Waals surface area contributed by atoms with Gasteiger partial charge in [-0.05, 0) is 37.8 Å². The highest BCUT2D eigenvalue weighted by atomic mass is 16.5. The number of hydrogen-bond acceptors (Lipinski definition) is 5. The van der Waals surface area contributed by atoms with E-state index in [0.717, 1.165) is 11.1 Å². The summed E-state index contributed by atoms with van der Waals surface area (Å²) in [6.07, 6.45) is 1.19. The van der Waals surface area contributed by atoms with Crippen LogP contribution in [-0.2, 0) is 31.9 Å². The third-order valence-corrected chi connectivity index (χ3v) is 4.67. The van der Waals surface area contributed by atoms with E-state index in [1.807, 2.05) is 74.5 Å². The normalized spacial score (nSPS) is 12.8. The minimum atomic E-state index is -0.308. The molecule has 0 bridgehead atoms. The first-order valence-corrected chi connectivity index (χ1v) is 10.3. The Bertz CT molecular complexity index is 670. The quantitative estimate of drug-likeness (QED) is 0.556. The van der Waals surface area contributed by atoms with Gasteiger partial charge in [-0.1, -0.05) is 60.7 Å². The minimum Gasteiger partial charge on any atom is -0.466 e. The maximum atomic E-state index is 12.4. The van der Waals surface area contributed by atoms with Crippen molar-refractivity contribution in [1.82, 2.24) is 5.32 Å². The Morgan fingerprint density at radius 1 is 0.724 bits per heavy atom. The smallest absolute Gasteiger partial charge is 0.310 e. The van der Waals surface area contributed by atoms with Crippen LogP contribution in [0.25, 0.3) is 0 Å². The van der Waals surface area contributed by atoms with E-state index in [0.29, 0.717) is 39.1 Å². The molecule has 29 heavy (non-hydrogen) atoms. The first-order valence-electron chi connectivity index (χ1n) is 10.3. The molecule has 0 aliphatic heterocycles. The zero-order valence-electron chi connectivity index (χ0n) is 17.3. The summed E-state index contributed by atoms with van der Waals surface area (Å²) < 4.78 is 10.5. The van der Waals surface area contributed by atoms with Crippen LogP contribution in [0, 0.1) is 11.8 Å². The Morgan fingerprint density at radius 3 is 1.45 bits per heavy atom. The molecule has 2 atom stereocenters. The highest BCUT2D eigenvalue weighted by Crippen LogP contribution is 2.13. The molecule has 0 spiro atoms. The maximum Gasteiger partial charge on any atom is 0.310 e. The number of ether oxygens (including phenoxy) is 2. The van der Waals surface area contributed by atoms with E-state index in [9.17, 15) is 9.59 Å². The first kappa shape index (κ1) is 22.6. The minimum absolute atomic E-state index is 0.223. The monoisotopic (exact) mass is 397 g/mol. The van der Waals surface area contributed by atoms with Gasteiger partial charge in [0.2, 0.25) is 0 Å². The SMILES string of the molecule is CCOC(=O)[C@@H](CNC[C@@H](Cc1ccccc1)C(=O)OCC)Cc1ccccc1. The molecule has 0 aromatic heterocycles. The number of nitrogens with one attached hydrogen (secondary N) is 1. The fourth-order valence-electron chi connectivity index (χ4n) is 3.23. The summed E-state index contributed by atoms with van der Waals surface area (Å²) in [6.45, 7) is 5.20. The molecular formula is C24H31NO4. The van der Waals surface area contributed by atoms with Crippen molar-refractivity contribution < 1.29 is 19.1 Å². The molecule has 2 rings (SSSR count). The zero-order chi connectivity index (χ0) is 20.9. The molecule has 5 heteroatoms. The average Bonchev–Trinajstić information content (AvgIpc) is 2.74. The highest BCUT2D eigenvalue weighted by Gasteiger charge is 2.23. The van der Waals surface area contributed by atoms with Crippen molar-refractivity contribution >= 4 is 11.9 Å². The van der Waals surface area contributed by atoms with Crippen molar-refractivity contribution in [2.75, 3.05) is 26.3 Å². The summed E-state index contributed by atoms with van der Waals surface area (Å²) in [5.74, 6) is -1.06. The summed E-state index contributed by atoms with van der Waals surface area (Å²) in [5, 5.41) is 3.30. The lowest BCUT2D eigenvalue weighted by Crippen LogP contribution is -2.37. The number of carbonyl (C=O) groups is 2. The predicted molar refractivity (Wildman–Crippen MR) is 113 cm³/mol. The van der Waals surface area contributed by atoms with Gasteiger partial charge >= 0.3 is 11.9 Å². The van der Waals surface area contributed by atoms with Crippen LogP contribution in [0.4, 0.5) is 0 Å². The molecule has 0 unspecified atom stereocenters. The lowest BCUT2D eigenvalue weighted by Gasteiger charge is -2.20. The summed E-state index contributed by atoms with van der Waals surface area (Å²) in [5.41, 5.74) is 2.16. The van der Waals surface area contributed by atoms with Crippen LogP contribution in [0.5, 0.6) is 0 Å². The van der Waals surface area contributed by atoms with Gasteiger partial charge in [-0.3, -0.25) is 9.59 Å². The van der Waals surface area contributed by atoms with Gasteiger partial charge in [-0.2, -0.15) is 0 Å². The lowest BCUT2D eigenvalue weighted by atomic mass is 9.97. The standard InChI is InChI=1S/C24H31NO4/c1-3-28-23(26)21(15-19-11-7-5-8-12-19)17-25-18-22(24(27)29-4-2)16-20-13-9-6-10-14-20/h5-14,21-22,25H,3-4,15-18H2,1-2H3/t21-,22-/m1/s1. The van der Waals surface area contributed by atoms with Crippen molar-refractivity contribution in [3.05, 3.63) is 71.8 Å². The summed E-state index contributed by atoms with van der Waals surface area (Å²) >= 11 is 0. The van der Waals surface area contributed by atoms with Crippen LogP contribution in [0.3, 0.4) is 0 Å². The van der Waals surface area contributed by atoms with Crippen molar-refractivity contribution in [2.45, 2.75) is 26.7 Å². The van der Waals surface area contributed by atoms with Crippen molar-refractivity contribution in [3.8, 4) is 0 Å². The molecule has 1 N–H and O–H groups in total. The number of benzene rings is 2. The Hall–Kier alpha value is -2.66. The van der Waals surface area contributed by atoms with Gasteiger partial charge in [0, 0.05) is 13.1 Å². The van der Waals surface area contributed by atoms with Gasteiger partial charge in [-0.15, -0.1) is 0 Å². The molecule has 0 aliphatic carbocycles. The zero-order valence-corrected chi connectivity index (χ0v) is 17.3. The van der Waals surface area contributed by atoms with E-state index in [1.54, 1.807) is 0 Å². The maximum absolute atomic E-state index is 12.4. The molecule has 2 aromatic carbocycles. The number of hydrogen-bond donors (Lipinski definition) is 1. The lowest BCUT2D eigenvalue weighted by molar-refractivity contribution is -0.147. The molecule has 156 valence electrons. The summed E-state index contributed by atoms with van der Waals surface area (Å²) in [7, 11) is 0. The second-order valence-corrected chi connectivity index (χ2v) is 6.94. The molecule has 0 fully saturated rings. The Balaban J connectivity index is 1.98. The number of carbonyl (C=O) groups excluding carboxylic acids is 2. The fraction of sp³-hybridized carbons (Fsp3) is 0.417. The van der Waals surface area contributed by atoms with E-state index in [1.165, 1.54) is 0 Å². The van der Waals surface area contributed by atoms with E-state index >= 15 is 0 Å². The Kier molecular flexibility index (Phi) is 9.93. The summed E-state index contributed by atoms with van der Waals surface area (Å²) in [6, 6.07) is 19.8. The highest BCUT2D eigenvalue weighted by molar-refractivity contribution is 5.74. The molecule has 2 aromatic rings. The van der Waals surface area contributed by atoms with Gasteiger partial charge in [0.05, 0.1) is 25.0 Å². The molecule has 0 heterocycles. The predicted octanol–water partition coefficient (Wildman–Crippen LogP) is 3.42. The van der Waals surface area contributed by atoms with E-state index in [2.05, 4.69) is 5.32 Å². The number of esters is 2. The van der Waals surface area contributed by atoms with E-state index in [-0.39, 0.29) is 23.8 Å². The van der Waals surface area contributed by atoms with Gasteiger partial charge < -0.3 is 14.8 Å². The van der Waals surface area contributed by atoms with Crippen LogP contribution in [-0.4, -0.2) is 38.2 Å². The van der Waals surface area contributed by atoms with Crippen LogP contribution in [0.1, 0.15) is 25.0 Å². The fourth-order valence-corrected chi connectivity index (χ4v) is 3.23. The number of rotatable bonds is 12. The average molecular weight is 398 g/mol. The second-order valence-electron chi connectivity index (χ2n) is 6.94. The second kappa shape index (κ2) is 12.7. The van der Waals surface area contributed by atoms with Gasteiger partial charge in [0.15, 0.2) is 0 Å². The van der Waals surface area contributed by atoms with E-state index < -0.39 is 0 Å². The largest absolute Gasteiger partial charge is 0.466 e. The Morgan fingerprint density at radius 2 is 1.10 bits per heavy atom. The molecule has 5 nitrogen and oxygen atoms in total. The van der Waals surface area contributed by atoms with Crippen molar-refractivity contribution in [3.63, 3.8) is 0 Å². The first-order chi connectivity index (χ1) is 14.1. The third-order valence-electron chi connectivity index (χ3n) is 4.67.